The maximum atomic E-state index is 14.1. The van der Waals surface area contributed by atoms with E-state index in [0.717, 1.165) is 37.0 Å². The number of imide groups is 1. The fourth-order valence-electron chi connectivity index (χ4n) is 5.18. The van der Waals surface area contributed by atoms with E-state index in [0.29, 0.717) is 24.3 Å². The monoisotopic (exact) mass is 443 g/mol. The maximum Gasteiger partial charge on any atom is 0.325 e. The molecule has 32 heavy (non-hydrogen) atoms. The largest absolute Gasteiger partial charge is 0.334 e. The third kappa shape index (κ3) is 4.26. The van der Waals surface area contributed by atoms with Gasteiger partial charge in [-0.15, -0.1) is 0 Å². The lowest BCUT2D eigenvalue weighted by Crippen LogP contribution is -2.51. The normalized spacial score (nSPS) is 25.9. The topological polar surface area (TPSA) is 69.7 Å². The van der Waals surface area contributed by atoms with Gasteiger partial charge in [-0.05, 0) is 55.9 Å². The van der Waals surface area contributed by atoms with Crippen LogP contribution in [0.2, 0.25) is 0 Å². The number of amides is 4. The molecule has 7 heteroatoms. The van der Waals surface area contributed by atoms with Crippen LogP contribution in [0.25, 0.3) is 0 Å². The summed E-state index contributed by atoms with van der Waals surface area (Å²) in [4.78, 5) is 41.8. The summed E-state index contributed by atoms with van der Waals surface area (Å²) in [5.74, 6) is -0.432. The van der Waals surface area contributed by atoms with Crippen molar-refractivity contribution in [2.45, 2.75) is 83.8 Å². The number of carbonyl (C=O) groups is 3. The van der Waals surface area contributed by atoms with Crippen LogP contribution in [0.4, 0.5) is 9.18 Å². The first-order valence-corrected chi connectivity index (χ1v) is 11.8. The molecule has 0 atom stereocenters. The number of nitrogens with one attached hydrogen (secondary N) is 1. The summed E-state index contributed by atoms with van der Waals surface area (Å²) in [5, 5.41) is 2.91. The van der Waals surface area contributed by atoms with Crippen LogP contribution in [0.5, 0.6) is 0 Å². The molecule has 4 amide bonds. The van der Waals surface area contributed by atoms with Crippen LogP contribution < -0.4 is 5.32 Å². The van der Waals surface area contributed by atoms with Crippen LogP contribution in [-0.4, -0.2) is 45.8 Å². The molecule has 1 saturated heterocycles. The highest BCUT2D eigenvalue weighted by Crippen LogP contribution is 2.45. The highest BCUT2D eigenvalue weighted by Gasteiger charge is 2.54. The van der Waals surface area contributed by atoms with Crippen molar-refractivity contribution in [2.75, 3.05) is 6.54 Å². The van der Waals surface area contributed by atoms with E-state index in [9.17, 15) is 18.8 Å². The van der Waals surface area contributed by atoms with E-state index < -0.39 is 11.6 Å². The zero-order valence-corrected chi connectivity index (χ0v) is 19.3. The Morgan fingerprint density at radius 1 is 1.19 bits per heavy atom. The van der Waals surface area contributed by atoms with Crippen molar-refractivity contribution in [1.82, 2.24) is 15.1 Å². The van der Waals surface area contributed by atoms with E-state index in [2.05, 4.69) is 26.1 Å². The summed E-state index contributed by atoms with van der Waals surface area (Å²) in [6.45, 7) is 6.57. The Hall–Kier alpha value is -2.44. The number of urea groups is 1. The van der Waals surface area contributed by atoms with Gasteiger partial charge in [0.25, 0.3) is 5.91 Å². The summed E-state index contributed by atoms with van der Waals surface area (Å²) in [5.41, 5.74) is -0.230. The molecule has 3 fully saturated rings. The molecule has 1 N–H and O–H groups in total. The minimum atomic E-state index is -0.881. The van der Waals surface area contributed by atoms with Crippen LogP contribution in [0.3, 0.4) is 0 Å². The molecule has 2 aliphatic carbocycles. The standard InChI is InChI=1S/C25H34FN3O3/c1-4-24(2,3)18-11-13-25(14-12-18)22(31)29(23(32)27-25)16-21(30)28(19-9-10-19)15-17-7-5-6-8-20(17)26/h5-8,18-19H,4,9-16H2,1-3H3,(H,27,32). The van der Waals surface area contributed by atoms with Gasteiger partial charge in [-0.2, -0.15) is 0 Å². The second-order valence-electron chi connectivity index (χ2n) is 10.4. The van der Waals surface area contributed by atoms with E-state index in [1.165, 1.54) is 6.07 Å². The van der Waals surface area contributed by atoms with Gasteiger partial charge in [0.1, 0.15) is 17.9 Å². The van der Waals surface area contributed by atoms with Crippen molar-refractivity contribution in [3.8, 4) is 0 Å². The van der Waals surface area contributed by atoms with Gasteiger partial charge in [-0.3, -0.25) is 14.5 Å². The predicted octanol–water partition coefficient (Wildman–Crippen LogP) is 4.23. The second-order valence-corrected chi connectivity index (χ2v) is 10.4. The molecule has 174 valence electrons. The summed E-state index contributed by atoms with van der Waals surface area (Å²) >= 11 is 0. The van der Waals surface area contributed by atoms with Crippen LogP contribution in [0.15, 0.2) is 24.3 Å². The highest BCUT2D eigenvalue weighted by atomic mass is 19.1. The number of benzene rings is 1. The van der Waals surface area contributed by atoms with Crippen molar-refractivity contribution in [1.29, 1.82) is 0 Å². The lowest BCUT2D eigenvalue weighted by molar-refractivity contribution is -0.140. The second kappa shape index (κ2) is 8.49. The van der Waals surface area contributed by atoms with E-state index in [1.807, 2.05) is 0 Å². The summed E-state index contributed by atoms with van der Waals surface area (Å²) in [7, 11) is 0. The fraction of sp³-hybridized carbons (Fsp3) is 0.640. The molecule has 2 saturated carbocycles. The molecule has 0 radical (unpaired) electrons. The van der Waals surface area contributed by atoms with Crippen LogP contribution in [0.1, 0.15) is 71.3 Å². The molecule has 3 aliphatic rings. The summed E-state index contributed by atoms with van der Waals surface area (Å²) < 4.78 is 14.1. The Balaban J connectivity index is 1.43. The van der Waals surface area contributed by atoms with Gasteiger partial charge in [-0.25, -0.2) is 9.18 Å². The quantitative estimate of drug-likeness (QED) is 0.641. The first kappa shape index (κ1) is 22.7. The van der Waals surface area contributed by atoms with E-state index in [4.69, 9.17) is 0 Å². The maximum absolute atomic E-state index is 14.1. The lowest BCUT2D eigenvalue weighted by Gasteiger charge is -2.42. The number of hydrogen-bond donors (Lipinski definition) is 1. The number of halogens is 1. The number of hydrogen-bond acceptors (Lipinski definition) is 3. The molecular weight excluding hydrogens is 409 g/mol. The molecule has 0 bridgehead atoms. The molecule has 1 aromatic carbocycles. The Morgan fingerprint density at radius 2 is 1.84 bits per heavy atom. The van der Waals surface area contributed by atoms with Crippen molar-refractivity contribution >= 4 is 17.8 Å². The van der Waals surface area contributed by atoms with Crippen LogP contribution in [-0.2, 0) is 16.1 Å². The third-order valence-electron chi connectivity index (χ3n) is 8.00. The first-order valence-electron chi connectivity index (χ1n) is 11.8. The van der Waals surface area contributed by atoms with Gasteiger partial charge < -0.3 is 10.2 Å². The zero-order valence-electron chi connectivity index (χ0n) is 19.3. The van der Waals surface area contributed by atoms with Gasteiger partial charge in [0.05, 0.1) is 0 Å². The van der Waals surface area contributed by atoms with Crippen LogP contribution >= 0.6 is 0 Å². The molecule has 0 aromatic heterocycles. The number of rotatable bonds is 7. The third-order valence-corrected chi connectivity index (χ3v) is 8.00. The van der Waals surface area contributed by atoms with Gasteiger partial charge in [0.15, 0.2) is 0 Å². The molecule has 1 aromatic rings. The van der Waals surface area contributed by atoms with Gasteiger partial charge in [0, 0.05) is 18.2 Å². The molecule has 4 rings (SSSR count). The van der Waals surface area contributed by atoms with Gasteiger partial charge in [-0.1, -0.05) is 45.4 Å². The van der Waals surface area contributed by atoms with E-state index in [1.54, 1.807) is 23.1 Å². The molecule has 1 heterocycles. The number of carbonyl (C=O) groups excluding carboxylic acids is 3. The van der Waals surface area contributed by atoms with Crippen molar-refractivity contribution < 1.29 is 18.8 Å². The average molecular weight is 444 g/mol. The average Bonchev–Trinajstić information content (AvgIpc) is 3.58. The van der Waals surface area contributed by atoms with E-state index >= 15 is 0 Å². The molecule has 0 unspecified atom stereocenters. The Morgan fingerprint density at radius 3 is 2.44 bits per heavy atom. The molecule has 6 nitrogen and oxygen atoms in total. The Labute approximate surface area is 189 Å². The summed E-state index contributed by atoms with van der Waals surface area (Å²) in [6, 6.07) is 5.96. The Bertz CT molecular complexity index is 903. The van der Waals surface area contributed by atoms with Crippen molar-refractivity contribution in [3.63, 3.8) is 0 Å². The summed E-state index contributed by atoms with van der Waals surface area (Å²) in [6.07, 6.45) is 5.78. The minimum absolute atomic E-state index is 0.0450. The minimum Gasteiger partial charge on any atom is -0.334 e. The van der Waals surface area contributed by atoms with Crippen molar-refractivity contribution in [3.05, 3.63) is 35.6 Å². The van der Waals surface area contributed by atoms with E-state index in [-0.39, 0.29) is 42.2 Å². The zero-order chi connectivity index (χ0) is 23.1. The lowest BCUT2D eigenvalue weighted by atomic mass is 9.65. The molecular formula is C25H34FN3O3. The first-order chi connectivity index (χ1) is 15.2. The highest BCUT2D eigenvalue weighted by molar-refractivity contribution is 6.09. The van der Waals surface area contributed by atoms with Crippen LogP contribution in [0, 0.1) is 17.2 Å². The smallest absolute Gasteiger partial charge is 0.325 e. The van der Waals surface area contributed by atoms with Gasteiger partial charge in [0.2, 0.25) is 5.91 Å². The Kier molecular flexibility index (Phi) is 6.03. The fourth-order valence-corrected chi connectivity index (χ4v) is 5.18. The molecule has 1 aliphatic heterocycles. The molecule has 1 spiro atoms. The van der Waals surface area contributed by atoms with Crippen molar-refractivity contribution in [2.24, 2.45) is 11.3 Å². The number of nitrogens with zero attached hydrogens (tertiary/aromatic N) is 2. The van der Waals surface area contributed by atoms with Gasteiger partial charge >= 0.3 is 6.03 Å². The predicted molar refractivity (Wildman–Crippen MR) is 119 cm³/mol. The SMILES string of the molecule is CCC(C)(C)C1CCC2(CC1)NC(=O)N(CC(=O)N(Cc1ccccc1F)C1CC1)C2=O.